The molecule has 4 aliphatic carbocycles. The van der Waals surface area contributed by atoms with E-state index < -0.39 is 0 Å². The summed E-state index contributed by atoms with van der Waals surface area (Å²) in [5.41, 5.74) is 2.48. The summed E-state index contributed by atoms with van der Waals surface area (Å²) in [6.45, 7) is 5.03. The minimum absolute atomic E-state index is 0.0593. The summed E-state index contributed by atoms with van der Waals surface area (Å²) in [7, 11) is 6.37. The Balaban J connectivity index is 1.30. The third-order valence-electron chi connectivity index (χ3n) is 8.75. The van der Waals surface area contributed by atoms with E-state index in [2.05, 4.69) is 65.4 Å². The molecule has 4 bridgehead atoms. The minimum Gasteiger partial charge on any atom is -0.378 e. The molecule has 1 atom stereocenters. The number of hydrogen-bond acceptors (Lipinski definition) is 4. The van der Waals surface area contributed by atoms with Crippen LogP contribution in [0.2, 0.25) is 0 Å². The Hall–Kier alpha value is -1.59. The molecule has 1 aromatic carbocycles. The maximum Gasteiger partial charge on any atom is 0.226 e. The van der Waals surface area contributed by atoms with E-state index in [9.17, 15) is 4.79 Å². The Labute approximate surface area is 188 Å². The lowest BCUT2D eigenvalue weighted by molar-refractivity contribution is -0.146. The first-order valence-electron chi connectivity index (χ1n) is 12.4. The van der Waals surface area contributed by atoms with Gasteiger partial charge >= 0.3 is 0 Å². The van der Waals surface area contributed by atoms with Gasteiger partial charge in [-0.25, -0.2) is 0 Å². The van der Waals surface area contributed by atoms with Gasteiger partial charge < -0.3 is 15.1 Å². The topological polar surface area (TPSA) is 38.8 Å². The Morgan fingerprint density at radius 3 is 2.06 bits per heavy atom. The largest absolute Gasteiger partial charge is 0.378 e. The standard InChI is InChI=1S/C26H40N4O/c1-28(2)23-6-4-22(5-7-23)24(30-10-8-29(3)9-11-30)18-27-25(31)26-15-19-12-20(16-26)14-21(13-19)17-26/h4-7,19-21,24H,8-18H2,1-3H3,(H,27,31)/t19?,20?,21?,24-,26?/m1/s1. The number of anilines is 1. The van der Waals surface area contributed by atoms with Crippen LogP contribution in [0.15, 0.2) is 24.3 Å². The second-order valence-electron chi connectivity index (χ2n) is 11.2. The first-order chi connectivity index (χ1) is 14.9. The molecule has 1 aromatic rings. The van der Waals surface area contributed by atoms with Crippen molar-refractivity contribution < 1.29 is 4.79 Å². The van der Waals surface area contributed by atoms with E-state index in [1.54, 1.807) is 0 Å². The van der Waals surface area contributed by atoms with Crippen LogP contribution in [0, 0.1) is 23.2 Å². The van der Waals surface area contributed by atoms with Gasteiger partial charge in [0, 0.05) is 57.9 Å². The lowest BCUT2D eigenvalue weighted by Crippen LogP contribution is -2.55. The predicted molar refractivity (Wildman–Crippen MR) is 126 cm³/mol. The van der Waals surface area contributed by atoms with Gasteiger partial charge in [-0.3, -0.25) is 9.69 Å². The Morgan fingerprint density at radius 2 is 1.55 bits per heavy atom. The third kappa shape index (κ3) is 4.23. The van der Waals surface area contributed by atoms with E-state index in [1.807, 2.05) is 0 Å². The molecule has 0 spiro atoms. The molecule has 5 aliphatic rings. The average molecular weight is 425 g/mol. The highest BCUT2D eigenvalue weighted by Crippen LogP contribution is 2.60. The molecule has 0 aromatic heterocycles. The van der Waals surface area contributed by atoms with Gasteiger partial charge in [0.1, 0.15) is 0 Å². The van der Waals surface area contributed by atoms with Crippen molar-refractivity contribution in [2.45, 2.75) is 44.6 Å². The second kappa shape index (κ2) is 8.40. The summed E-state index contributed by atoms with van der Waals surface area (Å²) in [6.07, 6.45) is 7.57. The van der Waals surface area contributed by atoms with Crippen LogP contribution in [-0.2, 0) is 4.79 Å². The maximum atomic E-state index is 13.6. The number of likely N-dealkylation sites (N-methyl/N-ethyl adjacent to an activating group) is 1. The summed E-state index contributed by atoms with van der Waals surface area (Å²) in [5.74, 6) is 2.78. The maximum absolute atomic E-state index is 13.6. The van der Waals surface area contributed by atoms with Crippen molar-refractivity contribution in [2.75, 3.05) is 58.8 Å². The van der Waals surface area contributed by atoms with Gasteiger partial charge in [0.05, 0.1) is 6.04 Å². The SMILES string of the molecule is CN1CCN([C@H](CNC(=O)C23CC4CC(CC(C4)C2)C3)c2ccc(N(C)C)cc2)CC1. The molecule has 0 unspecified atom stereocenters. The number of piperazine rings is 1. The van der Waals surface area contributed by atoms with Crippen LogP contribution in [0.1, 0.15) is 50.1 Å². The zero-order valence-electron chi connectivity index (χ0n) is 19.6. The number of nitrogens with one attached hydrogen (secondary N) is 1. The fourth-order valence-corrected chi connectivity index (χ4v) is 7.35. The van der Waals surface area contributed by atoms with E-state index in [-0.39, 0.29) is 11.5 Å². The van der Waals surface area contributed by atoms with Gasteiger partial charge in [0.25, 0.3) is 0 Å². The molecule has 1 heterocycles. The number of rotatable bonds is 6. The van der Waals surface area contributed by atoms with Gasteiger partial charge in [0.15, 0.2) is 0 Å². The van der Waals surface area contributed by atoms with Crippen LogP contribution in [0.4, 0.5) is 5.69 Å². The molecular formula is C26H40N4O. The fraction of sp³-hybridized carbons (Fsp3) is 0.731. The highest BCUT2D eigenvalue weighted by Gasteiger charge is 2.54. The molecule has 1 amide bonds. The number of nitrogens with zero attached hydrogens (tertiary/aromatic N) is 3. The first kappa shape index (κ1) is 21.3. The summed E-state index contributed by atoms with van der Waals surface area (Å²) < 4.78 is 0. The molecule has 1 saturated heterocycles. The Bertz CT molecular complexity index is 746. The van der Waals surface area contributed by atoms with Crippen molar-refractivity contribution in [1.29, 1.82) is 0 Å². The number of carbonyl (C=O) groups is 1. The second-order valence-corrected chi connectivity index (χ2v) is 11.2. The summed E-state index contributed by atoms with van der Waals surface area (Å²) in [6, 6.07) is 9.19. The Kier molecular flexibility index (Phi) is 5.76. The molecule has 170 valence electrons. The van der Waals surface area contributed by atoms with Gasteiger partial charge in [-0.2, -0.15) is 0 Å². The lowest BCUT2D eigenvalue weighted by atomic mass is 9.49. The van der Waals surface area contributed by atoms with Crippen LogP contribution in [0.25, 0.3) is 0 Å². The summed E-state index contributed by atoms with van der Waals surface area (Å²) in [5, 5.41) is 3.48. The van der Waals surface area contributed by atoms with E-state index in [1.165, 1.54) is 30.5 Å². The smallest absolute Gasteiger partial charge is 0.226 e. The normalized spacial score (nSPS) is 34.0. The minimum atomic E-state index is -0.0593. The molecule has 5 fully saturated rings. The van der Waals surface area contributed by atoms with Crippen LogP contribution < -0.4 is 10.2 Å². The summed E-state index contributed by atoms with van der Waals surface area (Å²) in [4.78, 5) is 20.7. The number of benzene rings is 1. The highest BCUT2D eigenvalue weighted by molar-refractivity contribution is 5.83. The molecule has 1 aliphatic heterocycles. The third-order valence-corrected chi connectivity index (χ3v) is 8.75. The fourth-order valence-electron chi connectivity index (χ4n) is 7.35. The van der Waals surface area contributed by atoms with Crippen molar-refractivity contribution in [1.82, 2.24) is 15.1 Å². The molecule has 6 rings (SSSR count). The molecule has 31 heavy (non-hydrogen) atoms. The van der Waals surface area contributed by atoms with E-state index in [0.29, 0.717) is 5.91 Å². The molecule has 5 heteroatoms. The first-order valence-corrected chi connectivity index (χ1v) is 12.4. The number of carbonyl (C=O) groups excluding carboxylic acids is 1. The quantitative estimate of drug-likeness (QED) is 0.760. The van der Waals surface area contributed by atoms with E-state index in [0.717, 1.165) is 69.7 Å². The highest BCUT2D eigenvalue weighted by atomic mass is 16.2. The van der Waals surface area contributed by atoms with Crippen molar-refractivity contribution in [3.8, 4) is 0 Å². The Morgan fingerprint density at radius 1 is 1.00 bits per heavy atom. The van der Waals surface area contributed by atoms with Gasteiger partial charge in [0.2, 0.25) is 5.91 Å². The number of hydrogen-bond donors (Lipinski definition) is 1. The summed E-state index contributed by atoms with van der Waals surface area (Å²) >= 11 is 0. The zero-order valence-corrected chi connectivity index (χ0v) is 19.6. The lowest BCUT2D eigenvalue weighted by Gasteiger charge is -2.55. The predicted octanol–water partition coefficient (Wildman–Crippen LogP) is 3.37. The molecule has 1 N–H and O–H groups in total. The molecule has 5 nitrogen and oxygen atoms in total. The molecule has 0 radical (unpaired) electrons. The van der Waals surface area contributed by atoms with Gasteiger partial charge in [-0.15, -0.1) is 0 Å². The molecular weight excluding hydrogens is 384 g/mol. The van der Waals surface area contributed by atoms with Crippen LogP contribution >= 0.6 is 0 Å². The monoisotopic (exact) mass is 424 g/mol. The van der Waals surface area contributed by atoms with Crippen molar-refractivity contribution >= 4 is 11.6 Å². The van der Waals surface area contributed by atoms with E-state index >= 15 is 0 Å². The van der Waals surface area contributed by atoms with Gasteiger partial charge in [-0.1, -0.05) is 12.1 Å². The van der Waals surface area contributed by atoms with E-state index in [4.69, 9.17) is 0 Å². The van der Waals surface area contributed by atoms with Crippen LogP contribution in [0.5, 0.6) is 0 Å². The van der Waals surface area contributed by atoms with Gasteiger partial charge in [-0.05, 0) is 81.0 Å². The number of amides is 1. The van der Waals surface area contributed by atoms with Crippen molar-refractivity contribution in [3.63, 3.8) is 0 Å². The van der Waals surface area contributed by atoms with Crippen molar-refractivity contribution in [3.05, 3.63) is 29.8 Å². The van der Waals surface area contributed by atoms with Crippen LogP contribution in [0.3, 0.4) is 0 Å². The molecule has 4 saturated carbocycles. The van der Waals surface area contributed by atoms with Crippen LogP contribution in [-0.4, -0.2) is 69.6 Å². The average Bonchev–Trinajstić information content (AvgIpc) is 2.74. The zero-order chi connectivity index (χ0) is 21.6. The van der Waals surface area contributed by atoms with Crippen molar-refractivity contribution in [2.24, 2.45) is 23.2 Å².